The van der Waals surface area contributed by atoms with Crippen molar-refractivity contribution in [2.45, 2.75) is 57.3 Å². The van der Waals surface area contributed by atoms with Gasteiger partial charge in [0.25, 0.3) is 0 Å². The molecule has 0 aromatic carbocycles. The molecule has 3 heteroatoms. The number of hydrogen-bond acceptors (Lipinski definition) is 3. The Morgan fingerprint density at radius 3 is 2.20 bits per heavy atom. The fraction of sp³-hybridized carbons (Fsp3) is 1.00. The Kier molecular flexibility index (Phi) is 2.61. The Morgan fingerprint density at radius 1 is 1.33 bits per heavy atom. The van der Waals surface area contributed by atoms with Gasteiger partial charge in [-0.25, -0.2) is 0 Å². The van der Waals surface area contributed by atoms with Crippen LogP contribution < -0.4 is 0 Å². The van der Waals surface area contributed by atoms with E-state index in [-0.39, 0.29) is 5.60 Å². The van der Waals surface area contributed by atoms with Crippen molar-refractivity contribution < 1.29 is 14.9 Å². The Morgan fingerprint density at radius 2 is 1.87 bits per heavy atom. The molecule has 3 nitrogen and oxygen atoms in total. The number of rotatable bonds is 4. The van der Waals surface area contributed by atoms with Gasteiger partial charge in [0.2, 0.25) is 0 Å². The minimum atomic E-state index is -0.617. The van der Waals surface area contributed by atoms with Crippen LogP contribution in [0.4, 0.5) is 0 Å². The fourth-order valence-corrected chi connectivity index (χ4v) is 2.99. The third-order valence-electron chi connectivity index (χ3n) is 4.02. The number of hydrogen-bond donors (Lipinski definition) is 2. The van der Waals surface area contributed by atoms with Gasteiger partial charge in [0, 0.05) is 0 Å². The smallest absolute Gasteiger partial charge is 0.0977 e. The molecule has 0 amide bonds. The van der Waals surface area contributed by atoms with Crippen molar-refractivity contribution >= 4 is 0 Å². The van der Waals surface area contributed by atoms with Crippen LogP contribution in [0.5, 0.6) is 0 Å². The lowest BCUT2D eigenvalue weighted by Gasteiger charge is -2.50. The van der Waals surface area contributed by atoms with Crippen molar-refractivity contribution in [2.24, 2.45) is 11.8 Å². The normalized spacial score (nSPS) is 51.0. The molecule has 15 heavy (non-hydrogen) atoms. The quantitative estimate of drug-likeness (QED) is 0.742. The second-order valence-electron chi connectivity index (χ2n) is 5.70. The van der Waals surface area contributed by atoms with E-state index in [0.29, 0.717) is 18.4 Å². The first-order chi connectivity index (χ1) is 6.90. The molecule has 2 rings (SSSR count). The molecule has 2 aliphatic rings. The first-order valence-corrected chi connectivity index (χ1v) is 5.94. The standard InChI is InChI=1S/C12H22O3/c1-8-4-11(5-8,15-7-10(3)13)12(14)6-9(12)2/h8-10,13-14H,4-7H2,1-3H3. The van der Waals surface area contributed by atoms with Crippen molar-refractivity contribution in [3.8, 4) is 0 Å². The largest absolute Gasteiger partial charge is 0.391 e. The van der Waals surface area contributed by atoms with E-state index in [4.69, 9.17) is 4.74 Å². The molecule has 2 aliphatic carbocycles. The third kappa shape index (κ3) is 1.71. The number of aliphatic hydroxyl groups is 2. The molecule has 3 atom stereocenters. The molecule has 0 heterocycles. The molecular formula is C12H22O3. The molecule has 2 fully saturated rings. The molecule has 0 aliphatic heterocycles. The minimum Gasteiger partial charge on any atom is -0.391 e. The van der Waals surface area contributed by atoms with Crippen LogP contribution in [-0.2, 0) is 4.74 Å². The van der Waals surface area contributed by atoms with Crippen LogP contribution in [-0.4, -0.2) is 34.1 Å². The van der Waals surface area contributed by atoms with Crippen LogP contribution in [0, 0.1) is 11.8 Å². The van der Waals surface area contributed by atoms with Crippen LogP contribution in [0.3, 0.4) is 0 Å². The SMILES string of the molecule is CC(O)COC1(C2(O)CC2C)CC(C)C1. The van der Waals surface area contributed by atoms with Crippen LogP contribution in [0.25, 0.3) is 0 Å². The first kappa shape index (κ1) is 11.4. The maximum atomic E-state index is 10.4. The zero-order valence-electron chi connectivity index (χ0n) is 9.86. The molecule has 0 aromatic heterocycles. The van der Waals surface area contributed by atoms with Crippen molar-refractivity contribution in [1.82, 2.24) is 0 Å². The molecule has 2 saturated carbocycles. The lowest BCUT2D eigenvalue weighted by atomic mass is 9.66. The van der Waals surface area contributed by atoms with Gasteiger partial charge >= 0.3 is 0 Å². The summed E-state index contributed by atoms with van der Waals surface area (Å²) in [5.41, 5.74) is -0.975. The van der Waals surface area contributed by atoms with Crippen LogP contribution >= 0.6 is 0 Å². The van der Waals surface area contributed by atoms with Crippen molar-refractivity contribution in [2.75, 3.05) is 6.61 Å². The van der Waals surface area contributed by atoms with E-state index in [2.05, 4.69) is 13.8 Å². The minimum absolute atomic E-state index is 0.335. The second-order valence-corrected chi connectivity index (χ2v) is 5.70. The highest BCUT2D eigenvalue weighted by Crippen LogP contribution is 2.61. The Bertz CT molecular complexity index is 245. The van der Waals surface area contributed by atoms with E-state index in [0.717, 1.165) is 19.3 Å². The molecule has 0 saturated heterocycles. The van der Waals surface area contributed by atoms with E-state index in [1.165, 1.54) is 0 Å². The van der Waals surface area contributed by atoms with Crippen molar-refractivity contribution in [3.63, 3.8) is 0 Å². The zero-order valence-corrected chi connectivity index (χ0v) is 9.86. The van der Waals surface area contributed by atoms with E-state index in [1.54, 1.807) is 6.92 Å². The molecule has 88 valence electrons. The van der Waals surface area contributed by atoms with Crippen LogP contribution in [0.2, 0.25) is 0 Å². The summed E-state index contributed by atoms with van der Waals surface area (Å²) < 4.78 is 5.79. The number of ether oxygens (including phenoxy) is 1. The summed E-state index contributed by atoms with van der Waals surface area (Å²) in [6.07, 6.45) is 2.26. The monoisotopic (exact) mass is 214 g/mol. The van der Waals surface area contributed by atoms with Gasteiger partial charge in [-0.15, -0.1) is 0 Å². The first-order valence-electron chi connectivity index (χ1n) is 5.94. The molecule has 2 N–H and O–H groups in total. The lowest BCUT2D eigenvalue weighted by Crippen LogP contribution is -2.57. The summed E-state index contributed by atoms with van der Waals surface area (Å²) in [5, 5.41) is 19.6. The van der Waals surface area contributed by atoms with Crippen LogP contribution in [0.1, 0.15) is 40.0 Å². The Hall–Kier alpha value is -0.120. The fourth-order valence-electron chi connectivity index (χ4n) is 2.99. The average molecular weight is 214 g/mol. The molecule has 0 aromatic rings. The van der Waals surface area contributed by atoms with E-state index < -0.39 is 11.7 Å². The summed E-state index contributed by atoms with van der Waals surface area (Å²) in [5.74, 6) is 0.981. The lowest BCUT2D eigenvalue weighted by molar-refractivity contribution is -0.213. The maximum absolute atomic E-state index is 10.4. The molecule has 0 spiro atoms. The van der Waals surface area contributed by atoms with E-state index in [1.807, 2.05) is 0 Å². The summed E-state index contributed by atoms with van der Waals surface area (Å²) >= 11 is 0. The van der Waals surface area contributed by atoms with Gasteiger partial charge in [-0.1, -0.05) is 13.8 Å². The Labute approximate surface area is 91.4 Å². The van der Waals surface area contributed by atoms with Gasteiger partial charge in [-0.3, -0.25) is 0 Å². The molecular weight excluding hydrogens is 192 g/mol. The van der Waals surface area contributed by atoms with Gasteiger partial charge in [-0.2, -0.15) is 0 Å². The van der Waals surface area contributed by atoms with E-state index >= 15 is 0 Å². The summed E-state index contributed by atoms with van der Waals surface area (Å²) in [6.45, 7) is 6.30. The Balaban J connectivity index is 2.00. The van der Waals surface area contributed by atoms with Crippen molar-refractivity contribution in [1.29, 1.82) is 0 Å². The second kappa shape index (κ2) is 3.44. The van der Waals surface area contributed by atoms with Gasteiger partial charge in [-0.05, 0) is 38.0 Å². The van der Waals surface area contributed by atoms with Gasteiger partial charge in [0.1, 0.15) is 0 Å². The predicted octanol–water partition coefficient (Wildman–Crippen LogP) is 1.32. The van der Waals surface area contributed by atoms with Gasteiger partial charge in [0.05, 0.1) is 23.9 Å². The predicted molar refractivity (Wildman–Crippen MR) is 57.5 cm³/mol. The topological polar surface area (TPSA) is 49.7 Å². The highest BCUT2D eigenvalue weighted by Gasteiger charge is 2.68. The van der Waals surface area contributed by atoms with Crippen molar-refractivity contribution in [3.05, 3.63) is 0 Å². The third-order valence-corrected chi connectivity index (χ3v) is 4.02. The van der Waals surface area contributed by atoms with Gasteiger partial charge < -0.3 is 14.9 Å². The summed E-state index contributed by atoms with van der Waals surface area (Å²) in [6, 6.07) is 0. The molecule has 0 radical (unpaired) electrons. The van der Waals surface area contributed by atoms with E-state index in [9.17, 15) is 10.2 Å². The van der Waals surface area contributed by atoms with Crippen LogP contribution in [0.15, 0.2) is 0 Å². The summed E-state index contributed by atoms with van der Waals surface area (Å²) in [7, 11) is 0. The summed E-state index contributed by atoms with van der Waals surface area (Å²) in [4.78, 5) is 0. The van der Waals surface area contributed by atoms with Gasteiger partial charge in [0.15, 0.2) is 0 Å². The zero-order chi connectivity index (χ0) is 11.3. The average Bonchev–Trinajstić information content (AvgIpc) is 2.67. The number of aliphatic hydroxyl groups excluding tert-OH is 1. The highest BCUT2D eigenvalue weighted by molar-refractivity contribution is 5.19. The maximum Gasteiger partial charge on any atom is 0.0977 e. The highest BCUT2D eigenvalue weighted by atomic mass is 16.5. The molecule has 0 bridgehead atoms. The molecule has 3 unspecified atom stereocenters.